The number of thiazole rings is 1. The number of ketones is 1. The molecule has 0 aliphatic heterocycles. The molecule has 0 aliphatic rings. The zero-order valence-corrected chi connectivity index (χ0v) is 13.1. The van der Waals surface area contributed by atoms with Crippen molar-refractivity contribution in [2.75, 3.05) is 0 Å². The average Bonchev–Trinajstić information content (AvgIpc) is 2.57. The molecule has 2 nitrogen and oxygen atoms in total. The summed E-state index contributed by atoms with van der Waals surface area (Å²) in [7, 11) is 0. The molecule has 0 aliphatic carbocycles. The monoisotopic (exact) mass is 343 g/mol. The Morgan fingerprint density at radius 1 is 1.44 bits per heavy atom. The molecule has 1 aromatic heterocycles. The minimum Gasteiger partial charge on any atom is -0.294 e. The molecule has 0 N–H and O–H groups in total. The molecule has 0 unspecified atom stereocenters. The van der Waals surface area contributed by atoms with Gasteiger partial charge in [-0.3, -0.25) is 4.79 Å². The number of aromatic nitrogens is 1. The van der Waals surface area contributed by atoms with Crippen molar-refractivity contribution in [3.63, 3.8) is 0 Å². The molecule has 0 saturated heterocycles. The van der Waals surface area contributed by atoms with Crippen LogP contribution in [0.5, 0.6) is 0 Å². The number of halogens is 2. The lowest BCUT2D eigenvalue weighted by molar-refractivity contribution is 0.0993. The van der Waals surface area contributed by atoms with E-state index in [0.717, 1.165) is 20.1 Å². The zero-order valence-electron chi connectivity index (χ0n) is 9.96. The third-order valence-corrected chi connectivity index (χ3v) is 4.49. The summed E-state index contributed by atoms with van der Waals surface area (Å²) in [5.41, 5.74) is 1.54. The van der Waals surface area contributed by atoms with Gasteiger partial charge >= 0.3 is 0 Å². The Morgan fingerprint density at radius 2 is 2.17 bits per heavy atom. The Labute approximate surface area is 123 Å². The predicted octanol–water partition coefficient (Wildman–Crippen LogP) is 4.60. The maximum Gasteiger partial charge on any atom is 0.171 e. The minimum absolute atomic E-state index is 0.00116. The molecule has 0 fully saturated rings. The molecule has 0 amide bonds. The van der Waals surface area contributed by atoms with Crippen LogP contribution in [-0.4, -0.2) is 10.8 Å². The number of benzene rings is 1. The van der Waals surface area contributed by atoms with Crippen LogP contribution >= 0.6 is 38.9 Å². The van der Waals surface area contributed by atoms with Gasteiger partial charge in [-0.1, -0.05) is 27.5 Å². The van der Waals surface area contributed by atoms with Gasteiger partial charge in [-0.2, -0.15) is 0 Å². The lowest BCUT2D eigenvalue weighted by Crippen LogP contribution is -2.04. The van der Waals surface area contributed by atoms with Crippen LogP contribution in [0, 0.1) is 13.8 Å². The first-order valence-corrected chi connectivity index (χ1v) is 7.37. The van der Waals surface area contributed by atoms with Gasteiger partial charge in [-0.05, 0) is 32.0 Å². The molecule has 0 bridgehead atoms. The molecular formula is C13H11BrClNOS. The van der Waals surface area contributed by atoms with Crippen molar-refractivity contribution in [3.05, 3.63) is 48.8 Å². The van der Waals surface area contributed by atoms with E-state index in [1.807, 2.05) is 19.9 Å². The third kappa shape index (κ3) is 2.99. The number of carbonyl (C=O) groups excluding carboxylic acids is 1. The lowest BCUT2D eigenvalue weighted by Gasteiger charge is -2.02. The smallest absolute Gasteiger partial charge is 0.171 e. The predicted molar refractivity (Wildman–Crippen MR) is 78.8 cm³/mol. The number of hydrogen-bond donors (Lipinski definition) is 0. The summed E-state index contributed by atoms with van der Waals surface area (Å²) in [6.07, 6.45) is 0.306. The van der Waals surface area contributed by atoms with Crippen LogP contribution in [-0.2, 0) is 6.42 Å². The van der Waals surface area contributed by atoms with Crippen LogP contribution in [0.3, 0.4) is 0 Å². The minimum atomic E-state index is 0.00116. The summed E-state index contributed by atoms with van der Waals surface area (Å²) in [6.45, 7) is 3.96. The Morgan fingerprint density at radius 3 is 2.72 bits per heavy atom. The SMILES string of the molecule is Cc1nc(CC(=O)c2ccc(Br)cc2Cl)sc1C. The van der Waals surface area contributed by atoms with E-state index in [9.17, 15) is 4.79 Å². The van der Waals surface area contributed by atoms with Crippen molar-refractivity contribution in [3.8, 4) is 0 Å². The van der Waals surface area contributed by atoms with E-state index in [4.69, 9.17) is 11.6 Å². The van der Waals surface area contributed by atoms with Gasteiger partial charge in [-0.15, -0.1) is 11.3 Å². The van der Waals surface area contributed by atoms with Crippen molar-refractivity contribution in [2.45, 2.75) is 20.3 Å². The third-order valence-electron chi connectivity index (χ3n) is 2.62. The summed E-state index contributed by atoms with van der Waals surface area (Å²) in [4.78, 5) is 17.7. The largest absolute Gasteiger partial charge is 0.294 e. The average molecular weight is 345 g/mol. The van der Waals surface area contributed by atoms with Gasteiger partial charge in [0.15, 0.2) is 5.78 Å². The second-order valence-electron chi connectivity index (χ2n) is 3.97. The second-order valence-corrected chi connectivity index (χ2v) is 6.58. The summed E-state index contributed by atoms with van der Waals surface area (Å²) in [5.74, 6) is 0.00116. The Kier molecular flexibility index (Phi) is 4.20. The van der Waals surface area contributed by atoms with Crippen LogP contribution in [0.1, 0.15) is 25.9 Å². The fraction of sp³-hybridized carbons (Fsp3) is 0.231. The summed E-state index contributed by atoms with van der Waals surface area (Å²) < 4.78 is 0.866. The number of carbonyl (C=O) groups is 1. The highest BCUT2D eigenvalue weighted by molar-refractivity contribution is 9.10. The van der Waals surface area contributed by atoms with E-state index in [2.05, 4.69) is 20.9 Å². The molecule has 1 aromatic carbocycles. The van der Waals surface area contributed by atoms with Crippen molar-refractivity contribution in [1.29, 1.82) is 0 Å². The van der Waals surface area contributed by atoms with E-state index in [-0.39, 0.29) is 5.78 Å². The van der Waals surface area contributed by atoms with Gasteiger partial charge in [0.2, 0.25) is 0 Å². The summed E-state index contributed by atoms with van der Waals surface area (Å²) in [6, 6.07) is 5.28. The van der Waals surface area contributed by atoms with Crippen LogP contribution in [0.2, 0.25) is 5.02 Å². The highest BCUT2D eigenvalue weighted by Gasteiger charge is 2.14. The maximum atomic E-state index is 12.1. The molecule has 94 valence electrons. The molecule has 0 radical (unpaired) electrons. The first kappa shape index (κ1) is 13.7. The topological polar surface area (TPSA) is 30.0 Å². The molecular weight excluding hydrogens is 334 g/mol. The molecule has 2 aromatic rings. The highest BCUT2D eigenvalue weighted by Crippen LogP contribution is 2.24. The molecule has 1 heterocycles. The van der Waals surface area contributed by atoms with Gasteiger partial charge in [0.1, 0.15) is 5.01 Å². The van der Waals surface area contributed by atoms with Gasteiger partial charge < -0.3 is 0 Å². The van der Waals surface area contributed by atoms with Crippen LogP contribution in [0.15, 0.2) is 22.7 Å². The first-order valence-electron chi connectivity index (χ1n) is 5.38. The molecule has 18 heavy (non-hydrogen) atoms. The van der Waals surface area contributed by atoms with E-state index >= 15 is 0 Å². The van der Waals surface area contributed by atoms with Gasteiger partial charge in [-0.25, -0.2) is 4.98 Å². The van der Waals surface area contributed by atoms with Crippen LogP contribution in [0.25, 0.3) is 0 Å². The number of hydrogen-bond acceptors (Lipinski definition) is 3. The van der Waals surface area contributed by atoms with Crippen molar-refractivity contribution in [2.24, 2.45) is 0 Å². The van der Waals surface area contributed by atoms with E-state index < -0.39 is 0 Å². The van der Waals surface area contributed by atoms with Crippen molar-refractivity contribution < 1.29 is 4.79 Å². The standard InChI is InChI=1S/C13H11BrClNOS/c1-7-8(2)18-13(16-7)6-12(17)10-4-3-9(14)5-11(10)15/h3-5H,6H2,1-2H3. The number of nitrogens with zero attached hydrogens (tertiary/aromatic N) is 1. The zero-order chi connectivity index (χ0) is 13.3. The van der Waals surface area contributed by atoms with Gasteiger partial charge in [0.25, 0.3) is 0 Å². The molecule has 2 rings (SSSR count). The lowest BCUT2D eigenvalue weighted by atomic mass is 10.1. The van der Waals surface area contributed by atoms with Crippen LogP contribution < -0.4 is 0 Å². The van der Waals surface area contributed by atoms with Crippen molar-refractivity contribution >= 4 is 44.7 Å². The van der Waals surface area contributed by atoms with Gasteiger partial charge in [0.05, 0.1) is 17.1 Å². The van der Waals surface area contributed by atoms with E-state index in [0.29, 0.717) is 17.0 Å². The second kappa shape index (κ2) is 5.51. The molecule has 0 saturated carbocycles. The maximum absolute atomic E-state index is 12.1. The highest BCUT2D eigenvalue weighted by atomic mass is 79.9. The normalized spacial score (nSPS) is 10.7. The molecule has 5 heteroatoms. The number of Topliss-reactive ketones (excluding diaryl/α,β-unsaturated/α-hetero) is 1. The number of rotatable bonds is 3. The Hall–Kier alpha value is -0.710. The van der Waals surface area contributed by atoms with Crippen molar-refractivity contribution in [1.82, 2.24) is 4.98 Å². The molecule has 0 atom stereocenters. The Bertz CT molecular complexity index is 590. The Balaban J connectivity index is 2.22. The summed E-state index contributed by atoms with van der Waals surface area (Å²) in [5, 5.41) is 1.31. The number of aryl methyl sites for hydroxylation is 2. The molecule has 0 spiro atoms. The fourth-order valence-electron chi connectivity index (χ4n) is 1.56. The fourth-order valence-corrected chi connectivity index (χ4v) is 3.27. The first-order chi connectivity index (χ1) is 8.47. The quantitative estimate of drug-likeness (QED) is 0.762. The van der Waals surface area contributed by atoms with Crippen LogP contribution in [0.4, 0.5) is 0 Å². The van der Waals surface area contributed by atoms with E-state index in [1.54, 1.807) is 23.5 Å². The van der Waals surface area contributed by atoms with Gasteiger partial charge in [0, 0.05) is 14.9 Å². The van der Waals surface area contributed by atoms with E-state index in [1.165, 1.54) is 0 Å². The summed E-state index contributed by atoms with van der Waals surface area (Å²) >= 11 is 10.9.